The predicted octanol–water partition coefficient (Wildman–Crippen LogP) is 2.86. The number of aryl methyl sites for hydroxylation is 1. The molecule has 0 heterocycles. The maximum atomic E-state index is 2.35. The fraction of sp³-hybridized carbons (Fsp3) is 0.0270. The van der Waals surface area contributed by atoms with E-state index in [0.29, 0.717) is 0 Å². The molecule has 0 aliphatic heterocycles. The SMILES string of the molecule is Cc1cc2c(-c3ccccc3)cccc2[cH-]1.[F-].[F-].[Ti+4].c1ccc(P(c2ccccc2)c2cc3ccccc3[cH-]2)cc1. The molecular weight excluding hydrogens is 561 g/mol. The molecule has 41 heavy (non-hydrogen) atoms. The average molecular weight is 590 g/mol. The van der Waals surface area contributed by atoms with E-state index in [-0.39, 0.29) is 31.1 Å². The van der Waals surface area contributed by atoms with Gasteiger partial charge in [0.25, 0.3) is 0 Å². The molecule has 0 saturated carbocycles. The van der Waals surface area contributed by atoms with Gasteiger partial charge in [0.1, 0.15) is 0 Å². The predicted molar refractivity (Wildman–Crippen MR) is 168 cm³/mol. The molecule has 0 aliphatic rings. The molecule has 0 aliphatic carbocycles. The third-order valence-electron chi connectivity index (χ3n) is 6.87. The summed E-state index contributed by atoms with van der Waals surface area (Å²) in [5, 5.41) is 9.57. The van der Waals surface area contributed by atoms with Gasteiger partial charge in [-0.25, -0.2) is 0 Å². The van der Waals surface area contributed by atoms with Crippen molar-refractivity contribution in [3.8, 4) is 11.1 Å². The van der Waals surface area contributed by atoms with Gasteiger partial charge in [-0.05, 0) is 24.1 Å². The fourth-order valence-electron chi connectivity index (χ4n) is 5.12. The number of halogens is 2. The van der Waals surface area contributed by atoms with E-state index in [1.54, 1.807) is 0 Å². The van der Waals surface area contributed by atoms with Gasteiger partial charge in [0.05, 0.1) is 0 Å². The van der Waals surface area contributed by atoms with E-state index in [4.69, 9.17) is 0 Å². The summed E-state index contributed by atoms with van der Waals surface area (Å²) >= 11 is 0. The summed E-state index contributed by atoms with van der Waals surface area (Å²) in [6, 6.07) is 56.6. The van der Waals surface area contributed by atoms with Crippen LogP contribution in [0.2, 0.25) is 0 Å². The van der Waals surface area contributed by atoms with E-state index in [0.717, 1.165) is 0 Å². The molecule has 7 aromatic carbocycles. The molecule has 0 fully saturated rings. The average Bonchev–Trinajstić information content (AvgIpc) is 3.57. The monoisotopic (exact) mass is 590 g/mol. The molecule has 0 atom stereocenters. The first-order valence-corrected chi connectivity index (χ1v) is 14.4. The van der Waals surface area contributed by atoms with Crippen molar-refractivity contribution in [2.24, 2.45) is 0 Å². The van der Waals surface area contributed by atoms with Crippen molar-refractivity contribution in [2.45, 2.75) is 6.92 Å². The van der Waals surface area contributed by atoms with Crippen LogP contribution in [0.1, 0.15) is 5.56 Å². The Morgan fingerprint density at radius 1 is 0.512 bits per heavy atom. The third-order valence-corrected chi connectivity index (χ3v) is 9.27. The van der Waals surface area contributed by atoms with E-state index in [9.17, 15) is 0 Å². The number of fused-ring (bicyclic) bond motifs is 2. The van der Waals surface area contributed by atoms with Gasteiger partial charge in [0.2, 0.25) is 0 Å². The van der Waals surface area contributed by atoms with Crippen LogP contribution < -0.4 is 25.3 Å². The fourth-order valence-corrected chi connectivity index (χ4v) is 7.49. The molecule has 7 aromatic rings. The topological polar surface area (TPSA) is 0 Å². The molecule has 0 radical (unpaired) electrons. The summed E-state index contributed by atoms with van der Waals surface area (Å²) in [5.41, 5.74) is 3.95. The van der Waals surface area contributed by atoms with Gasteiger partial charge in [0.15, 0.2) is 0 Å². The van der Waals surface area contributed by atoms with E-state index in [1.165, 1.54) is 54.1 Å². The van der Waals surface area contributed by atoms with E-state index >= 15 is 0 Å². The zero-order chi connectivity index (χ0) is 25.7. The van der Waals surface area contributed by atoms with Crippen molar-refractivity contribution in [3.05, 3.63) is 163 Å². The van der Waals surface area contributed by atoms with Crippen LogP contribution in [0.5, 0.6) is 0 Å². The second-order valence-corrected chi connectivity index (χ2v) is 11.8. The zero-order valence-electron chi connectivity index (χ0n) is 22.7. The van der Waals surface area contributed by atoms with Crippen LogP contribution in [-0.4, -0.2) is 0 Å². The molecule has 7 rings (SSSR count). The Labute approximate surface area is 256 Å². The Bertz CT molecular complexity index is 1700. The molecular formula is C37H29F2PTi. The molecule has 0 amide bonds. The van der Waals surface area contributed by atoms with Crippen molar-refractivity contribution in [2.75, 3.05) is 0 Å². The molecule has 0 saturated heterocycles. The Morgan fingerprint density at radius 3 is 1.66 bits per heavy atom. The second kappa shape index (κ2) is 14.8. The maximum Gasteiger partial charge on any atom is 4.00 e. The standard InChI is InChI=1S/C21H16P.C16H13.2FH.Ti/c1-3-11-19(12-4-1)22(20-13-5-2-6-14-20)21-15-17-9-7-8-10-18(17)16-21;1-12-10-14-8-5-9-15(16(14)11-12)13-6-3-2-4-7-13;;;/h1-16H;2-11H,1H3;2*1H;/q2*-1;;;+4/p-2. The summed E-state index contributed by atoms with van der Waals surface area (Å²) in [7, 11) is -0.493. The number of benzene rings is 5. The van der Waals surface area contributed by atoms with Gasteiger partial charge in [0, 0.05) is 0 Å². The van der Waals surface area contributed by atoms with Crippen molar-refractivity contribution < 1.29 is 31.1 Å². The van der Waals surface area contributed by atoms with Crippen molar-refractivity contribution in [1.82, 2.24) is 0 Å². The summed E-state index contributed by atoms with van der Waals surface area (Å²) in [6.07, 6.45) is 0. The number of hydrogen-bond donors (Lipinski definition) is 0. The molecule has 0 nitrogen and oxygen atoms in total. The van der Waals surface area contributed by atoms with Crippen LogP contribution in [0, 0.1) is 6.92 Å². The minimum absolute atomic E-state index is 0. The van der Waals surface area contributed by atoms with Crippen LogP contribution in [-0.2, 0) is 21.7 Å². The van der Waals surface area contributed by atoms with Crippen molar-refractivity contribution in [3.63, 3.8) is 0 Å². The summed E-state index contributed by atoms with van der Waals surface area (Å²) in [6.45, 7) is 2.15. The zero-order valence-corrected chi connectivity index (χ0v) is 25.2. The van der Waals surface area contributed by atoms with E-state index < -0.39 is 7.92 Å². The quantitative estimate of drug-likeness (QED) is 0.168. The first-order chi connectivity index (χ1) is 18.8. The van der Waals surface area contributed by atoms with Crippen molar-refractivity contribution >= 4 is 45.4 Å². The third kappa shape index (κ3) is 7.16. The normalized spacial score (nSPS) is 10.2. The second-order valence-electron chi connectivity index (χ2n) is 9.56. The Balaban J connectivity index is 0.000000219. The molecule has 0 aromatic heterocycles. The first kappa shape index (κ1) is 31.8. The molecule has 0 bridgehead atoms. The Hall–Kier alpha value is -3.68. The Morgan fingerprint density at radius 2 is 1.05 bits per heavy atom. The smallest absolute Gasteiger partial charge is 1.00 e. The molecule has 0 N–H and O–H groups in total. The van der Waals surface area contributed by atoms with Crippen LogP contribution in [0.4, 0.5) is 0 Å². The van der Waals surface area contributed by atoms with Crippen LogP contribution in [0.15, 0.2) is 158 Å². The molecule has 4 heteroatoms. The summed E-state index contributed by atoms with van der Waals surface area (Å²) in [5.74, 6) is 0. The molecule has 200 valence electrons. The number of hydrogen-bond acceptors (Lipinski definition) is 0. The number of rotatable bonds is 4. The first-order valence-electron chi connectivity index (χ1n) is 13.0. The largest absolute Gasteiger partial charge is 4.00 e. The van der Waals surface area contributed by atoms with Gasteiger partial charge in [-0.1, -0.05) is 116 Å². The van der Waals surface area contributed by atoms with E-state index in [2.05, 4.69) is 165 Å². The maximum absolute atomic E-state index is 2.35. The van der Waals surface area contributed by atoms with Crippen molar-refractivity contribution in [1.29, 1.82) is 0 Å². The van der Waals surface area contributed by atoms with Gasteiger partial charge >= 0.3 is 21.7 Å². The van der Waals surface area contributed by atoms with Crippen LogP contribution in [0.3, 0.4) is 0 Å². The van der Waals surface area contributed by atoms with Gasteiger partial charge in [-0.3, -0.25) is 0 Å². The van der Waals surface area contributed by atoms with E-state index in [1.807, 2.05) is 0 Å². The minimum atomic E-state index is -0.493. The van der Waals surface area contributed by atoms with Gasteiger partial charge in [-0.15, -0.1) is 74.9 Å². The van der Waals surface area contributed by atoms with Gasteiger partial charge in [-0.2, -0.15) is 12.1 Å². The Kier molecular flexibility index (Phi) is 11.5. The van der Waals surface area contributed by atoms with Gasteiger partial charge < -0.3 is 9.41 Å². The van der Waals surface area contributed by atoms with Crippen LogP contribution >= 0.6 is 7.92 Å². The molecule has 0 spiro atoms. The minimum Gasteiger partial charge on any atom is -1.00 e. The summed E-state index contributed by atoms with van der Waals surface area (Å²) < 4.78 is 0. The molecule has 0 unspecified atom stereocenters. The van der Waals surface area contributed by atoms with Crippen LogP contribution in [0.25, 0.3) is 32.7 Å². The summed E-state index contributed by atoms with van der Waals surface area (Å²) in [4.78, 5) is 0.